The van der Waals surface area contributed by atoms with Crippen LogP contribution >= 0.6 is 11.8 Å². The Bertz CT molecular complexity index is 923. The van der Waals surface area contributed by atoms with Crippen LogP contribution in [0.2, 0.25) is 0 Å². The van der Waals surface area contributed by atoms with E-state index in [0.717, 1.165) is 33.7 Å². The first-order valence-electron chi connectivity index (χ1n) is 9.28. The molecule has 8 heteroatoms. The minimum atomic E-state index is -4.34. The van der Waals surface area contributed by atoms with E-state index in [4.69, 9.17) is 14.6 Å². The first-order chi connectivity index (χ1) is 14.2. The molecule has 0 saturated carbocycles. The number of rotatable bonds is 7. The molecule has 2 aromatic rings. The van der Waals surface area contributed by atoms with Gasteiger partial charge in [-0.3, -0.25) is 0 Å². The highest BCUT2D eigenvalue weighted by Gasteiger charge is 2.30. The number of carboxylic acids is 1. The molecule has 160 valence electrons. The van der Waals surface area contributed by atoms with E-state index in [1.807, 2.05) is 25.1 Å². The van der Waals surface area contributed by atoms with Crippen LogP contribution in [0.3, 0.4) is 0 Å². The van der Waals surface area contributed by atoms with Gasteiger partial charge in [0.05, 0.1) is 18.3 Å². The molecule has 2 aromatic carbocycles. The zero-order chi connectivity index (χ0) is 21.7. The number of hydrogen-bond donors (Lipinski definition) is 1. The van der Waals surface area contributed by atoms with Gasteiger partial charge in [-0.1, -0.05) is 18.2 Å². The third-order valence-corrected chi connectivity index (χ3v) is 5.75. The number of carboxylic acid groups (broad SMARTS) is 1. The van der Waals surface area contributed by atoms with Crippen LogP contribution in [-0.4, -0.2) is 36.1 Å². The Labute approximate surface area is 176 Å². The molecule has 0 bridgehead atoms. The van der Waals surface area contributed by atoms with Gasteiger partial charge in [0.25, 0.3) is 0 Å². The van der Waals surface area contributed by atoms with Crippen LogP contribution in [0.1, 0.15) is 23.1 Å². The van der Waals surface area contributed by atoms with Gasteiger partial charge in [0.15, 0.2) is 6.61 Å². The Hall–Kier alpha value is -2.45. The van der Waals surface area contributed by atoms with E-state index in [1.54, 1.807) is 17.8 Å². The number of ether oxygens (including phenoxy) is 2. The maximum atomic E-state index is 12.7. The number of benzene rings is 2. The molecule has 30 heavy (non-hydrogen) atoms. The monoisotopic (exact) mass is 438 g/mol. The molecule has 0 spiro atoms. The highest BCUT2D eigenvalue weighted by molar-refractivity contribution is 7.99. The highest BCUT2D eigenvalue weighted by Crippen LogP contribution is 2.33. The third kappa shape index (κ3) is 6.03. The fourth-order valence-electron chi connectivity index (χ4n) is 3.09. The summed E-state index contributed by atoms with van der Waals surface area (Å²) in [7, 11) is 0. The van der Waals surface area contributed by atoms with Crippen molar-refractivity contribution in [1.82, 2.24) is 0 Å². The molecule has 3 rings (SSSR count). The van der Waals surface area contributed by atoms with Crippen LogP contribution in [0.15, 0.2) is 53.4 Å². The average molecular weight is 438 g/mol. The minimum Gasteiger partial charge on any atom is -0.482 e. The maximum absolute atomic E-state index is 12.7. The summed E-state index contributed by atoms with van der Waals surface area (Å²) in [5.74, 6) is 0.189. The Morgan fingerprint density at radius 3 is 2.60 bits per heavy atom. The van der Waals surface area contributed by atoms with Crippen molar-refractivity contribution in [2.45, 2.75) is 30.5 Å². The summed E-state index contributed by atoms with van der Waals surface area (Å²) < 4.78 is 49.2. The number of aliphatic carboxylic acids is 1. The van der Waals surface area contributed by atoms with Crippen molar-refractivity contribution >= 4 is 23.3 Å². The molecule has 1 aliphatic rings. The quantitative estimate of drug-likeness (QED) is 0.584. The summed E-state index contributed by atoms with van der Waals surface area (Å²) >= 11 is 1.60. The smallest absolute Gasteiger partial charge is 0.416 e. The lowest BCUT2D eigenvalue weighted by molar-refractivity contribution is -0.139. The normalized spacial score (nSPS) is 16.8. The number of halogens is 3. The van der Waals surface area contributed by atoms with Crippen molar-refractivity contribution in [3.63, 3.8) is 0 Å². The van der Waals surface area contributed by atoms with Crippen LogP contribution < -0.4 is 4.74 Å². The summed E-state index contributed by atoms with van der Waals surface area (Å²) in [5, 5.41) is 8.70. The van der Waals surface area contributed by atoms with E-state index in [-0.39, 0.29) is 12.7 Å². The molecule has 1 atom stereocenters. The van der Waals surface area contributed by atoms with E-state index in [2.05, 4.69) is 0 Å². The molecular weight excluding hydrogens is 417 g/mol. The average Bonchev–Trinajstić information content (AvgIpc) is 2.71. The highest BCUT2D eigenvalue weighted by atomic mass is 32.2. The topological polar surface area (TPSA) is 55.8 Å². The lowest BCUT2D eigenvalue weighted by Gasteiger charge is -2.24. The van der Waals surface area contributed by atoms with Crippen LogP contribution in [0.25, 0.3) is 5.57 Å². The zero-order valence-corrected chi connectivity index (χ0v) is 17.1. The van der Waals surface area contributed by atoms with E-state index in [0.29, 0.717) is 24.5 Å². The number of carbonyl (C=O) groups is 1. The van der Waals surface area contributed by atoms with Gasteiger partial charge in [-0.15, -0.1) is 11.8 Å². The Balaban J connectivity index is 1.57. The molecule has 0 saturated heterocycles. The predicted octanol–water partition coefficient (Wildman–Crippen LogP) is 5.44. The van der Waals surface area contributed by atoms with Gasteiger partial charge in [-0.05, 0) is 60.4 Å². The van der Waals surface area contributed by atoms with Crippen molar-refractivity contribution in [2.24, 2.45) is 0 Å². The van der Waals surface area contributed by atoms with E-state index < -0.39 is 17.7 Å². The van der Waals surface area contributed by atoms with Gasteiger partial charge >= 0.3 is 12.1 Å². The number of hydrogen-bond acceptors (Lipinski definition) is 4. The largest absolute Gasteiger partial charge is 0.482 e. The first-order valence-corrected chi connectivity index (χ1v) is 10.3. The molecule has 0 amide bonds. The molecule has 4 nitrogen and oxygen atoms in total. The fraction of sp³-hybridized carbons (Fsp3) is 0.318. The second-order valence-electron chi connectivity index (χ2n) is 6.88. The van der Waals surface area contributed by atoms with Crippen LogP contribution in [0.5, 0.6) is 5.75 Å². The summed E-state index contributed by atoms with van der Waals surface area (Å²) in [6.07, 6.45) is -1.87. The summed E-state index contributed by atoms with van der Waals surface area (Å²) in [6, 6.07) is 10.8. The van der Waals surface area contributed by atoms with Gasteiger partial charge in [0.1, 0.15) is 5.75 Å². The minimum absolute atomic E-state index is 0.0551. The van der Waals surface area contributed by atoms with Gasteiger partial charge in [-0.2, -0.15) is 13.2 Å². The predicted molar refractivity (Wildman–Crippen MR) is 109 cm³/mol. The second-order valence-corrected chi connectivity index (χ2v) is 7.98. The maximum Gasteiger partial charge on any atom is 0.416 e. The first kappa shape index (κ1) is 22.2. The van der Waals surface area contributed by atoms with Crippen LogP contribution in [-0.2, 0) is 15.7 Å². The second kappa shape index (κ2) is 9.57. The van der Waals surface area contributed by atoms with E-state index in [9.17, 15) is 18.0 Å². The van der Waals surface area contributed by atoms with Gasteiger partial charge in [0, 0.05) is 10.6 Å². The van der Waals surface area contributed by atoms with Gasteiger partial charge < -0.3 is 14.6 Å². The standard InChI is InChI=1S/C22H21F3O4S/c1-14-10-19(6-7-20(14)29-12-21(26)27)30-13-18-11-16(8-9-28-18)15-2-4-17(5-3-15)22(23,24)25/h2-8,10,18H,9,11-13H2,1H3,(H,26,27). The van der Waals surface area contributed by atoms with Crippen molar-refractivity contribution in [3.8, 4) is 5.75 Å². The van der Waals surface area contributed by atoms with Crippen molar-refractivity contribution in [3.05, 3.63) is 65.2 Å². The molecule has 1 heterocycles. The Morgan fingerprint density at radius 2 is 1.97 bits per heavy atom. The lowest BCUT2D eigenvalue weighted by atomic mass is 9.97. The van der Waals surface area contributed by atoms with Crippen LogP contribution in [0, 0.1) is 6.92 Å². The van der Waals surface area contributed by atoms with E-state index >= 15 is 0 Å². The number of thioether (sulfide) groups is 1. The molecule has 1 aliphatic heterocycles. The number of aryl methyl sites for hydroxylation is 1. The summed E-state index contributed by atoms with van der Waals surface area (Å²) in [4.78, 5) is 11.6. The molecule has 0 aromatic heterocycles. The SMILES string of the molecule is Cc1cc(SCC2CC(c3ccc(C(F)(F)F)cc3)=CCO2)ccc1OCC(=O)O. The number of alkyl halides is 3. The summed E-state index contributed by atoms with van der Waals surface area (Å²) in [6.45, 7) is 1.88. The zero-order valence-electron chi connectivity index (χ0n) is 16.2. The molecule has 0 fully saturated rings. The molecule has 1 N–H and O–H groups in total. The van der Waals surface area contributed by atoms with Crippen molar-refractivity contribution in [1.29, 1.82) is 0 Å². The third-order valence-electron chi connectivity index (χ3n) is 4.63. The lowest BCUT2D eigenvalue weighted by Crippen LogP contribution is -2.20. The van der Waals surface area contributed by atoms with Gasteiger partial charge in [0.2, 0.25) is 0 Å². The Kier molecular flexibility index (Phi) is 7.10. The molecule has 0 aliphatic carbocycles. The van der Waals surface area contributed by atoms with E-state index in [1.165, 1.54) is 12.1 Å². The summed E-state index contributed by atoms with van der Waals surface area (Å²) in [5.41, 5.74) is 1.94. The molecule has 0 radical (unpaired) electrons. The van der Waals surface area contributed by atoms with Gasteiger partial charge in [-0.25, -0.2) is 4.79 Å². The Morgan fingerprint density at radius 1 is 1.23 bits per heavy atom. The van der Waals surface area contributed by atoms with Crippen molar-refractivity contribution in [2.75, 3.05) is 19.0 Å². The molecule has 1 unspecified atom stereocenters. The fourth-order valence-corrected chi connectivity index (χ4v) is 4.11. The molecular formula is C22H21F3O4S. The van der Waals surface area contributed by atoms with Crippen LogP contribution in [0.4, 0.5) is 13.2 Å². The van der Waals surface area contributed by atoms with Crippen molar-refractivity contribution < 1.29 is 32.5 Å².